The van der Waals surface area contributed by atoms with Gasteiger partial charge in [-0.1, -0.05) is 6.07 Å². The maximum absolute atomic E-state index is 12.8. The van der Waals surface area contributed by atoms with Crippen LogP contribution in [0.4, 0.5) is 13.2 Å². The first-order valence-electron chi connectivity index (χ1n) is 7.45. The van der Waals surface area contributed by atoms with Crippen LogP contribution in [0.25, 0.3) is 20.9 Å². The molecule has 0 saturated heterocycles. The van der Waals surface area contributed by atoms with E-state index in [0.717, 1.165) is 20.8 Å². The molecule has 0 saturated carbocycles. The molecule has 4 aromatic heterocycles. The summed E-state index contributed by atoms with van der Waals surface area (Å²) in [6, 6.07) is 9.62. The predicted molar refractivity (Wildman–Crippen MR) is 109 cm³/mol. The number of aromatic nitrogens is 3. The molecule has 0 unspecified atom stereocenters. The van der Waals surface area contributed by atoms with E-state index in [1.54, 1.807) is 35.0 Å². The number of thiophene rings is 1. The van der Waals surface area contributed by atoms with Crippen LogP contribution in [0, 0.1) is 11.3 Å². The monoisotopic (exact) mass is 454 g/mol. The zero-order valence-electron chi connectivity index (χ0n) is 13.7. The lowest BCUT2D eigenvalue weighted by atomic mass is 10.1. The van der Waals surface area contributed by atoms with Gasteiger partial charge in [-0.25, -0.2) is 15.0 Å². The van der Waals surface area contributed by atoms with E-state index in [1.807, 2.05) is 12.1 Å². The summed E-state index contributed by atoms with van der Waals surface area (Å²) in [5.41, 5.74) is -0.599. The fraction of sp³-hybridized carbons (Fsp3) is 0.0588. The normalized spacial score (nSPS) is 11.0. The average Bonchev–Trinajstić information content (AvgIpc) is 3.29. The molecule has 4 nitrogen and oxygen atoms in total. The summed E-state index contributed by atoms with van der Waals surface area (Å²) in [5.74, 6) is 0. The number of pyridine rings is 2. The molecule has 0 atom stereocenters. The second-order valence-corrected chi connectivity index (χ2v) is 8.29. The van der Waals surface area contributed by atoms with Gasteiger partial charge in [0.2, 0.25) is 0 Å². The molecule has 4 heterocycles. The van der Waals surface area contributed by atoms with E-state index in [0.29, 0.717) is 4.88 Å². The number of fused-ring (bicyclic) bond motifs is 1. The smallest absolute Gasteiger partial charge is 0.239 e. The van der Waals surface area contributed by atoms with Crippen LogP contribution in [-0.2, 0) is 6.18 Å². The molecule has 0 bridgehead atoms. The molecule has 0 radical (unpaired) electrons. The second-order valence-electron chi connectivity index (χ2n) is 5.16. The zero-order valence-corrected chi connectivity index (χ0v) is 17.1. The van der Waals surface area contributed by atoms with Gasteiger partial charge in [0.15, 0.2) is 5.65 Å². The largest absolute Gasteiger partial charge is 0.417 e. The van der Waals surface area contributed by atoms with Crippen molar-refractivity contribution in [3.05, 3.63) is 53.0 Å². The third kappa shape index (κ3) is 4.64. The highest BCUT2D eigenvalue weighted by atomic mass is 32.2. The molecule has 0 amide bonds. The first-order chi connectivity index (χ1) is 13.3. The molecule has 4 aromatic rings. The number of hydrogen-bond donors (Lipinski definition) is 2. The molecule has 0 aliphatic heterocycles. The Morgan fingerprint density at radius 3 is 2.50 bits per heavy atom. The molecule has 28 heavy (non-hydrogen) atoms. The summed E-state index contributed by atoms with van der Waals surface area (Å²) < 4.78 is 40.3. The maximum atomic E-state index is 12.8. The second kappa shape index (κ2) is 8.48. The highest BCUT2D eigenvalue weighted by Crippen LogP contribution is 2.36. The van der Waals surface area contributed by atoms with Crippen molar-refractivity contribution in [1.29, 1.82) is 5.26 Å². The van der Waals surface area contributed by atoms with Gasteiger partial charge in [0.25, 0.3) is 0 Å². The van der Waals surface area contributed by atoms with Crippen molar-refractivity contribution in [1.82, 2.24) is 15.0 Å². The SMILES string of the molecule is N#Cc1c(C(F)(F)F)cc(-c2cccs2)nc1S.Sc1nc2ncccc2s1. The van der Waals surface area contributed by atoms with E-state index in [-0.39, 0.29) is 10.7 Å². The van der Waals surface area contributed by atoms with E-state index < -0.39 is 17.3 Å². The molecule has 4 rings (SSSR count). The Balaban J connectivity index is 0.000000188. The maximum Gasteiger partial charge on any atom is 0.417 e. The van der Waals surface area contributed by atoms with Crippen molar-refractivity contribution in [3.8, 4) is 16.6 Å². The van der Waals surface area contributed by atoms with Gasteiger partial charge in [-0.15, -0.1) is 47.9 Å². The van der Waals surface area contributed by atoms with Crippen LogP contribution in [0.15, 0.2) is 51.3 Å². The number of thiol groups is 2. The van der Waals surface area contributed by atoms with Crippen molar-refractivity contribution >= 4 is 58.3 Å². The van der Waals surface area contributed by atoms with Crippen molar-refractivity contribution in [2.24, 2.45) is 0 Å². The summed E-state index contributed by atoms with van der Waals surface area (Å²) in [6.45, 7) is 0. The van der Waals surface area contributed by atoms with Gasteiger partial charge in [-0.3, -0.25) is 0 Å². The minimum Gasteiger partial charge on any atom is -0.239 e. The Hall–Kier alpha value is -2.13. The Morgan fingerprint density at radius 1 is 1.11 bits per heavy atom. The molecule has 0 N–H and O–H groups in total. The van der Waals surface area contributed by atoms with Gasteiger partial charge >= 0.3 is 6.18 Å². The topological polar surface area (TPSA) is 62.5 Å². The average molecular weight is 455 g/mol. The molecule has 0 spiro atoms. The summed E-state index contributed by atoms with van der Waals surface area (Å²) >= 11 is 10.8. The van der Waals surface area contributed by atoms with E-state index in [4.69, 9.17) is 5.26 Å². The minimum absolute atomic E-state index is 0.168. The number of rotatable bonds is 1. The van der Waals surface area contributed by atoms with Gasteiger partial charge in [-0.05, 0) is 29.6 Å². The lowest BCUT2D eigenvalue weighted by Crippen LogP contribution is -2.09. The van der Waals surface area contributed by atoms with Crippen LogP contribution < -0.4 is 0 Å². The van der Waals surface area contributed by atoms with Crippen LogP contribution in [0.1, 0.15) is 11.1 Å². The third-order valence-electron chi connectivity index (χ3n) is 3.34. The van der Waals surface area contributed by atoms with Gasteiger partial charge in [0.1, 0.15) is 15.4 Å². The van der Waals surface area contributed by atoms with Crippen LogP contribution >= 0.6 is 47.9 Å². The molecule has 0 aromatic carbocycles. The van der Waals surface area contributed by atoms with Crippen molar-refractivity contribution < 1.29 is 13.2 Å². The fourth-order valence-corrected chi connectivity index (χ4v) is 4.19. The quantitative estimate of drug-likeness (QED) is 0.348. The number of thiazole rings is 1. The van der Waals surface area contributed by atoms with Gasteiger partial charge in [-0.2, -0.15) is 18.4 Å². The van der Waals surface area contributed by atoms with Gasteiger partial charge in [0.05, 0.1) is 26.4 Å². The van der Waals surface area contributed by atoms with Crippen LogP contribution in [0.3, 0.4) is 0 Å². The van der Waals surface area contributed by atoms with Crippen molar-refractivity contribution in [2.45, 2.75) is 15.5 Å². The summed E-state index contributed by atoms with van der Waals surface area (Å²) in [6.07, 6.45) is -2.87. The van der Waals surface area contributed by atoms with Crippen LogP contribution in [0.5, 0.6) is 0 Å². The Morgan fingerprint density at radius 2 is 1.89 bits per heavy atom. The highest BCUT2D eigenvalue weighted by molar-refractivity contribution is 7.83. The molecule has 11 heteroatoms. The molecule has 0 fully saturated rings. The Kier molecular flexibility index (Phi) is 6.24. The Labute approximate surface area is 176 Å². The lowest BCUT2D eigenvalue weighted by molar-refractivity contribution is -0.138. The zero-order chi connectivity index (χ0) is 20.3. The van der Waals surface area contributed by atoms with Crippen molar-refractivity contribution in [2.75, 3.05) is 0 Å². The van der Waals surface area contributed by atoms with E-state index in [9.17, 15) is 13.2 Å². The number of nitriles is 1. The molecule has 0 aliphatic carbocycles. The third-order valence-corrected chi connectivity index (χ3v) is 5.75. The van der Waals surface area contributed by atoms with Gasteiger partial charge in [0, 0.05) is 6.20 Å². The standard InChI is InChI=1S/C11H5F3N2S2.C6H4N2S2/c12-11(13,14)7-4-8(9-2-1-3-18-9)16-10(17)6(7)5-15;9-6-8-5-4(10-6)2-1-3-7-5/h1-4H,(H,16,17);1-3H,(H,7,8,9). The number of nitrogens with zero attached hydrogens (tertiary/aromatic N) is 4. The molecule has 142 valence electrons. The summed E-state index contributed by atoms with van der Waals surface area (Å²) in [4.78, 5) is 12.6. The first kappa shape index (κ1) is 20.6. The molecule has 0 aliphatic rings. The lowest BCUT2D eigenvalue weighted by Gasteiger charge is -2.11. The molecular formula is C17H9F3N4S4. The summed E-state index contributed by atoms with van der Waals surface area (Å²) in [5, 5.41) is 10.3. The van der Waals surface area contributed by atoms with Gasteiger partial charge < -0.3 is 0 Å². The van der Waals surface area contributed by atoms with E-state index in [1.165, 1.54) is 17.4 Å². The first-order valence-corrected chi connectivity index (χ1v) is 10.0. The van der Waals surface area contributed by atoms with Crippen molar-refractivity contribution in [3.63, 3.8) is 0 Å². The number of alkyl halides is 3. The van der Waals surface area contributed by atoms with E-state index >= 15 is 0 Å². The minimum atomic E-state index is -4.60. The Bertz CT molecular complexity index is 1110. The number of halogens is 3. The highest BCUT2D eigenvalue weighted by Gasteiger charge is 2.35. The van der Waals surface area contributed by atoms with Crippen LogP contribution in [-0.4, -0.2) is 15.0 Å². The fourth-order valence-electron chi connectivity index (χ4n) is 2.17. The summed E-state index contributed by atoms with van der Waals surface area (Å²) in [7, 11) is 0. The van der Waals surface area contributed by atoms with E-state index in [2.05, 4.69) is 40.2 Å². The van der Waals surface area contributed by atoms with Crippen LogP contribution in [0.2, 0.25) is 0 Å². The number of hydrogen-bond acceptors (Lipinski definition) is 8. The predicted octanol–water partition coefficient (Wildman–Crippen LogP) is 5.97. The molecular weight excluding hydrogens is 445 g/mol.